The van der Waals surface area contributed by atoms with E-state index in [9.17, 15) is 15.3 Å². The molecule has 0 aromatic rings. The van der Waals surface area contributed by atoms with Crippen LogP contribution in [0.25, 0.3) is 0 Å². The van der Waals surface area contributed by atoms with Gasteiger partial charge in [-0.1, -0.05) is 41.5 Å². The second-order valence-electron chi connectivity index (χ2n) is 3.15. The van der Waals surface area contributed by atoms with Crippen molar-refractivity contribution < 1.29 is 34.8 Å². The summed E-state index contributed by atoms with van der Waals surface area (Å²) in [6.45, 7) is 9.67. The minimum atomic E-state index is -0.417. The van der Waals surface area contributed by atoms with Crippen LogP contribution in [0, 0.1) is 0 Å². The van der Waals surface area contributed by atoms with Crippen LogP contribution < -0.4 is 15.3 Å². The van der Waals surface area contributed by atoms with Crippen molar-refractivity contribution in [3.05, 3.63) is 0 Å². The van der Waals surface area contributed by atoms with Crippen molar-refractivity contribution in [3.63, 3.8) is 0 Å². The van der Waals surface area contributed by atoms with Crippen LogP contribution in [0.4, 0.5) is 0 Å². The molecule has 13 heavy (non-hydrogen) atoms. The molecule has 0 bridgehead atoms. The molecule has 4 heteroatoms. The van der Waals surface area contributed by atoms with Crippen molar-refractivity contribution in [3.8, 4) is 0 Å². The van der Waals surface area contributed by atoms with Crippen molar-refractivity contribution in [1.29, 1.82) is 0 Å². The maximum Gasteiger partial charge on any atom is 3.00 e. The summed E-state index contributed by atoms with van der Waals surface area (Å²) in [7, 11) is 0. The van der Waals surface area contributed by atoms with Gasteiger partial charge in [0.1, 0.15) is 0 Å². The van der Waals surface area contributed by atoms with Gasteiger partial charge in [-0.2, -0.15) is 0 Å². The summed E-state index contributed by atoms with van der Waals surface area (Å²) in [5.41, 5.74) is 0. The second-order valence-corrected chi connectivity index (χ2v) is 3.15. The molecular weight excluding hydrogens is 257 g/mol. The number of hydrogen-bond acceptors (Lipinski definition) is 3. The predicted octanol–water partition coefficient (Wildman–Crippen LogP) is -0.737. The molecule has 0 aliphatic heterocycles. The zero-order valence-corrected chi connectivity index (χ0v) is 11.0. The second kappa shape index (κ2) is 18.3. The summed E-state index contributed by atoms with van der Waals surface area (Å²) >= 11 is 0. The summed E-state index contributed by atoms with van der Waals surface area (Å²) in [4.78, 5) is 0. The van der Waals surface area contributed by atoms with Crippen LogP contribution in [0.5, 0.6) is 0 Å². The molecule has 0 N–H and O–H groups in total. The van der Waals surface area contributed by atoms with Gasteiger partial charge in [-0.3, -0.25) is 0 Å². The van der Waals surface area contributed by atoms with Crippen molar-refractivity contribution in [2.24, 2.45) is 0 Å². The van der Waals surface area contributed by atoms with E-state index in [4.69, 9.17) is 0 Å². The third-order valence-corrected chi connectivity index (χ3v) is 0. The predicted molar refractivity (Wildman–Crippen MR) is 45.4 cm³/mol. The molecule has 0 aromatic carbocycles. The zero-order chi connectivity index (χ0) is 10.7. The molecule has 0 unspecified atom stereocenters. The largest absolute Gasteiger partial charge is 3.00 e. The average molecular weight is 278 g/mol. The summed E-state index contributed by atoms with van der Waals surface area (Å²) in [6.07, 6.45) is -1.25. The molecule has 3 nitrogen and oxygen atoms in total. The van der Waals surface area contributed by atoms with Crippen molar-refractivity contribution in [2.45, 2.75) is 59.9 Å². The molecule has 0 spiro atoms. The molecule has 0 rings (SSSR count). The van der Waals surface area contributed by atoms with E-state index in [2.05, 4.69) is 0 Å². The maximum atomic E-state index is 9.53. The van der Waals surface area contributed by atoms with Gasteiger partial charge in [-0.05, 0) is 0 Å². The van der Waals surface area contributed by atoms with E-state index in [1.165, 1.54) is 0 Å². The zero-order valence-electron chi connectivity index (χ0n) is 9.31. The quantitative estimate of drug-likeness (QED) is 0.548. The Labute approximate surface area is 94.9 Å². The van der Waals surface area contributed by atoms with Gasteiger partial charge < -0.3 is 15.3 Å². The van der Waals surface area contributed by atoms with Gasteiger partial charge in [0.05, 0.1) is 0 Å². The number of hydrogen-bond donors (Lipinski definition) is 0. The van der Waals surface area contributed by atoms with E-state index >= 15 is 0 Å². The first-order valence-electron chi connectivity index (χ1n) is 4.17. The average Bonchev–Trinajstić information content (AvgIpc) is 1.54. The molecular formula is C9H21O3Ru. The van der Waals surface area contributed by atoms with Gasteiger partial charge in [0.25, 0.3) is 0 Å². The summed E-state index contributed by atoms with van der Waals surface area (Å²) < 4.78 is 0. The third-order valence-electron chi connectivity index (χ3n) is 0. The molecule has 1 radical (unpaired) electrons. The smallest absolute Gasteiger partial charge is 0.852 e. The minimum absolute atomic E-state index is 0. The summed E-state index contributed by atoms with van der Waals surface area (Å²) in [5.74, 6) is 0. The van der Waals surface area contributed by atoms with Crippen molar-refractivity contribution in [2.75, 3.05) is 0 Å². The van der Waals surface area contributed by atoms with E-state index in [1.54, 1.807) is 41.5 Å². The fourth-order valence-corrected chi connectivity index (χ4v) is 0. The Morgan fingerprint density at radius 1 is 0.538 bits per heavy atom. The van der Waals surface area contributed by atoms with Gasteiger partial charge in [0.2, 0.25) is 0 Å². The van der Waals surface area contributed by atoms with E-state index < -0.39 is 18.3 Å². The molecule has 0 aromatic heterocycles. The molecule has 0 fully saturated rings. The van der Waals surface area contributed by atoms with E-state index in [-0.39, 0.29) is 19.5 Å². The van der Waals surface area contributed by atoms with Crippen molar-refractivity contribution in [1.82, 2.24) is 0 Å². The van der Waals surface area contributed by atoms with E-state index in [0.717, 1.165) is 0 Å². The first kappa shape index (κ1) is 23.4. The third kappa shape index (κ3) is 5440. The van der Waals surface area contributed by atoms with Crippen LogP contribution in [-0.4, -0.2) is 18.3 Å². The maximum absolute atomic E-state index is 9.53. The molecule has 0 aliphatic rings. The molecule has 0 saturated heterocycles. The van der Waals surface area contributed by atoms with Crippen LogP contribution >= 0.6 is 0 Å². The molecule has 0 heterocycles. The minimum Gasteiger partial charge on any atom is -0.852 e. The first-order valence-corrected chi connectivity index (χ1v) is 4.17. The Hall–Kier alpha value is 0.503. The molecule has 0 aliphatic carbocycles. The fraction of sp³-hybridized carbons (Fsp3) is 1.00. The Morgan fingerprint density at radius 2 is 0.538 bits per heavy atom. The standard InChI is InChI=1S/3C3H7O.Ru/c3*1-3(2)4;/h3*3H,1-2H3;/q3*-1;+3. The Bertz CT molecular complexity index is 43.4. The van der Waals surface area contributed by atoms with Crippen LogP contribution in [0.3, 0.4) is 0 Å². The monoisotopic (exact) mass is 279 g/mol. The normalized spacial score (nSPS) is 8.31. The Morgan fingerprint density at radius 3 is 0.538 bits per heavy atom. The Kier molecular flexibility index (Phi) is 32.9. The molecule has 0 atom stereocenters. The van der Waals surface area contributed by atoms with Gasteiger partial charge in [0, 0.05) is 0 Å². The van der Waals surface area contributed by atoms with Crippen LogP contribution in [0.1, 0.15) is 41.5 Å². The first-order chi connectivity index (χ1) is 5.20. The topological polar surface area (TPSA) is 69.2 Å². The van der Waals surface area contributed by atoms with Gasteiger partial charge in [-0.25, -0.2) is 0 Å². The van der Waals surface area contributed by atoms with Crippen LogP contribution in [-0.2, 0) is 19.5 Å². The molecule has 0 amide bonds. The van der Waals surface area contributed by atoms with Gasteiger partial charge in [-0.15, -0.1) is 18.3 Å². The van der Waals surface area contributed by atoms with Gasteiger partial charge in [0.15, 0.2) is 0 Å². The van der Waals surface area contributed by atoms with Crippen LogP contribution in [0.2, 0.25) is 0 Å². The summed E-state index contributed by atoms with van der Waals surface area (Å²) in [6, 6.07) is 0. The fourth-order valence-electron chi connectivity index (χ4n) is 0. The van der Waals surface area contributed by atoms with E-state index in [0.29, 0.717) is 0 Å². The molecule has 0 saturated carbocycles. The SMILES string of the molecule is CC(C)[O-].CC(C)[O-].CC(C)[O-].[Ru+3]. The van der Waals surface area contributed by atoms with Crippen molar-refractivity contribution >= 4 is 0 Å². The molecule has 83 valence electrons. The van der Waals surface area contributed by atoms with Gasteiger partial charge >= 0.3 is 19.5 Å². The Balaban J connectivity index is -0.0000000450. The van der Waals surface area contributed by atoms with Crippen LogP contribution in [0.15, 0.2) is 0 Å². The summed E-state index contributed by atoms with van der Waals surface area (Å²) in [5, 5.41) is 28.6. The number of rotatable bonds is 0. The van der Waals surface area contributed by atoms with E-state index in [1.807, 2.05) is 0 Å².